The molecule has 1 amide bonds. The fourth-order valence-corrected chi connectivity index (χ4v) is 4.58. The maximum Gasteiger partial charge on any atom is 0.243 e. The summed E-state index contributed by atoms with van der Waals surface area (Å²) >= 11 is 0. The second-order valence-electron chi connectivity index (χ2n) is 6.97. The van der Waals surface area contributed by atoms with Crippen LogP contribution in [0.25, 0.3) is 0 Å². The van der Waals surface area contributed by atoms with E-state index in [2.05, 4.69) is 10.2 Å². The molecule has 0 saturated carbocycles. The molecule has 0 bridgehead atoms. The van der Waals surface area contributed by atoms with Gasteiger partial charge in [-0.25, -0.2) is 8.42 Å². The minimum Gasteiger partial charge on any atom is -0.354 e. The fraction of sp³-hybridized carbons (Fsp3) is 0.632. The summed E-state index contributed by atoms with van der Waals surface area (Å²) in [6.45, 7) is 5.44. The lowest BCUT2D eigenvalue weighted by Crippen LogP contribution is -2.48. The molecule has 7 heteroatoms. The zero-order valence-corrected chi connectivity index (χ0v) is 16.7. The second kappa shape index (κ2) is 9.92. The van der Waals surface area contributed by atoms with Crippen LogP contribution in [-0.2, 0) is 14.8 Å². The minimum absolute atomic E-state index is 0.268. The molecule has 1 heterocycles. The van der Waals surface area contributed by atoms with Crippen LogP contribution in [0.15, 0.2) is 30.3 Å². The fourth-order valence-electron chi connectivity index (χ4n) is 3.41. The maximum atomic E-state index is 12.5. The molecule has 1 aliphatic heterocycles. The molecule has 146 valence electrons. The SMILES string of the molecule is C[C@@H](C(=O)NCCCN1CCCCCC1)N(c1ccccc1)S(C)(=O)=O. The Kier molecular flexibility index (Phi) is 7.90. The summed E-state index contributed by atoms with van der Waals surface area (Å²) in [6.07, 6.45) is 7.14. The van der Waals surface area contributed by atoms with E-state index in [9.17, 15) is 13.2 Å². The zero-order chi connectivity index (χ0) is 19.0. The molecule has 2 rings (SSSR count). The number of para-hydroxylation sites is 1. The lowest BCUT2D eigenvalue weighted by molar-refractivity contribution is -0.121. The highest BCUT2D eigenvalue weighted by atomic mass is 32.2. The van der Waals surface area contributed by atoms with Gasteiger partial charge < -0.3 is 10.2 Å². The van der Waals surface area contributed by atoms with Gasteiger partial charge in [-0.3, -0.25) is 9.10 Å². The van der Waals surface area contributed by atoms with Crippen LogP contribution in [-0.4, -0.2) is 57.7 Å². The molecule has 0 radical (unpaired) electrons. The molecule has 1 aliphatic rings. The van der Waals surface area contributed by atoms with Crippen molar-refractivity contribution in [1.82, 2.24) is 10.2 Å². The highest BCUT2D eigenvalue weighted by Gasteiger charge is 2.28. The molecule has 6 nitrogen and oxygen atoms in total. The van der Waals surface area contributed by atoms with Gasteiger partial charge in [0.05, 0.1) is 11.9 Å². The van der Waals surface area contributed by atoms with Crippen LogP contribution in [0.5, 0.6) is 0 Å². The molecular formula is C19H31N3O3S. The summed E-state index contributed by atoms with van der Waals surface area (Å²) in [7, 11) is -3.55. The predicted octanol–water partition coefficient (Wildman–Crippen LogP) is 2.22. The Balaban J connectivity index is 1.86. The van der Waals surface area contributed by atoms with Crippen molar-refractivity contribution in [3.63, 3.8) is 0 Å². The molecule has 1 N–H and O–H groups in total. The van der Waals surface area contributed by atoms with Gasteiger partial charge in [-0.2, -0.15) is 0 Å². The van der Waals surface area contributed by atoms with Crippen molar-refractivity contribution >= 4 is 21.6 Å². The topological polar surface area (TPSA) is 69.7 Å². The van der Waals surface area contributed by atoms with Gasteiger partial charge >= 0.3 is 0 Å². The summed E-state index contributed by atoms with van der Waals surface area (Å²) in [5.74, 6) is -0.268. The summed E-state index contributed by atoms with van der Waals surface area (Å²) in [4.78, 5) is 14.9. The number of carbonyl (C=O) groups is 1. The van der Waals surface area contributed by atoms with Crippen molar-refractivity contribution in [2.45, 2.75) is 45.1 Å². The molecule has 0 aromatic heterocycles. The first-order valence-electron chi connectivity index (χ1n) is 9.44. The first-order chi connectivity index (χ1) is 12.4. The van der Waals surface area contributed by atoms with Gasteiger partial charge in [0.2, 0.25) is 15.9 Å². The number of rotatable bonds is 8. The Morgan fingerprint density at radius 1 is 1.15 bits per heavy atom. The van der Waals surface area contributed by atoms with Crippen molar-refractivity contribution in [3.05, 3.63) is 30.3 Å². The van der Waals surface area contributed by atoms with Crippen molar-refractivity contribution in [1.29, 1.82) is 0 Å². The largest absolute Gasteiger partial charge is 0.354 e. The average Bonchev–Trinajstić information content (AvgIpc) is 2.87. The number of anilines is 1. The number of amides is 1. The van der Waals surface area contributed by atoms with Gasteiger partial charge in [0.25, 0.3) is 0 Å². The Bertz CT molecular complexity index is 656. The molecule has 1 saturated heterocycles. The van der Waals surface area contributed by atoms with E-state index in [-0.39, 0.29) is 5.91 Å². The standard InChI is InChI=1S/C19H31N3O3S/c1-17(22(26(2,24)25)18-11-6-5-7-12-18)19(23)20-13-10-16-21-14-8-3-4-9-15-21/h5-7,11-12,17H,3-4,8-10,13-16H2,1-2H3,(H,20,23)/t17-/m0/s1. The van der Waals surface area contributed by atoms with Crippen LogP contribution in [0.4, 0.5) is 5.69 Å². The Hall–Kier alpha value is -1.60. The number of benzene rings is 1. The Morgan fingerprint density at radius 2 is 1.77 bits per heavy atom. The van der Waals surface area contributed by atoms with Crippen LogP contribution < -0.4 is 9.62 Å². The number of nitrogens with zero attached hydrogens (tertiary/aromatic N) is 2. The molecule has 26 heavy (non-hydrogen) atoms. The number of likely N-dealkylation sites (tertiary alicyclic amines) is 1. The Labute approximate surface area is 157 Å². The van der Waals surface area contributed by atoms with Crippen molar-refractivity contribution in [3.8, 4) is 0 Å². The Morgan fingerprint density at radius 3 is 2.35 bits per heavy atom. The van der Waals surface area contributed by atoms with E-state index in [1.54, 1.807) is 31.2 Å². The third kappa shape index (κ3) is 6.29. The summed E-state index contributed by atoms with van der Waals surface area (Å²) < 4.78 is 25.5. The second-order valence-corrected chi connectivity index (χ2v) is 8.83. The van der Waals surface area contributed by atoms with Gasteiger partial charge in [-0.05, 0) is 58.0 Å². The third-order valence-electron chi connectivity index (χ3n) is 4.75. The number of carbonyl (C=O) groups excluding carboxylic acids is 1. The van der Waals surface area contributed by atoms with Crippen LogP contribution >= 0.6 is 0 Å². The molecule has 0 unspecified atom stereocenters. The lowest BCUT2D eigenvalue weighted by atomic mass is 10.2. The molecule has 1 aromatic rings. The first-order valence-corrected chi connectivity index (χ1v) is 11.3. The van der Waals surface area contributed by atoms with Gasteiger partial charge in [0.1, 0.15) is 6.04 Å². The van der Waals surface area contributed by atoms with Gasteiger partial charge in [-0.1, -0.05) is 31.0 Å². The molecular weight excluding hydrogens is 350 g/mol. The normalized spacial score (nSPS) is 17.3. The van der Waals surface area contributed by atoms with Gasteiger partial charge in [0.15, 0.2) is 0 Å². The molecule has 1 fully saturated rings. The third-order valence-corrected chi connectivity index (χ3v) is 5.99. The van der Waals surface area contributed by atoms with E-state index in [0.29, 0.717) is 12.2 Å². The molecule has 0 spiro atoms. The quantitative estimate of drug-likeness (QED) is 0.701. The molecule has 1 atom stereocenters. The number of hydrogen-bond donors (Lipinski definition) is 1. The van der Waals surface area contributed by atoms with E-state index in [0.717, 1.165) is 32.3 Å². The average molecular weight is 382 g/mol. The van der Waals surface area contributed by atoms with Crippen molar-refractivity contribution in [2.75, 3.05) is 36.7 Å². The molecule has 0 aliphatic carbocycles. The first kappa shape index (κ1) is 20.7. The van der Waals surface area contributed by atoms with Crippen LogP contribution in [0, 0.1) is 0 Å². The number of hydrogen-bond acceptors (Lipinski definition) is 4. The number of sulfonamides is 1. The zero-order valence-electron chi connectivity index (χ0n) is 15.9. The van der Waals surface area contributed by atoms with Gasteiger partial charge in [0, 0.05) is 6.54 Å². The van der Waals surface area contributed by atoms with E-state index >= 15 is 0 Å². The minimum atomic E-state index is -3.55. The van der Waals surface area contributed by atoms with E-state index in [1.165, 1.54) is 30.0 Å². The summed E-state index contributed by atoms with van der Waals surface area (Å²) in [6, 6.07) is 7.95. The molecule has 1 aromatic carbocycles. The van der Waals surface area contributed by atoms with Gasteiger partial charge in [-0.15, -0.1) is 0 Å². The monoisotopic (exact) mass is 381 g/mol. The smallest absolute Gasteiger partial charge is 0.243 e. The summed E-state index contributed by atoms with van der Waals surface area (Å²) in [5.41, 5.74) is 0.502. The van der Waals surface area contributed by atoms with E-state index in [4.69, 9.17) is 0 Å². The lowest BCUT2D eigenvalue weighted by Gasteiger charge is -2.28. The van der Waals surface area contributed by atoms with Crippen LogP contribution in [0.2, 0.25) is 0 Å². The van der Waals surface area contributed by atoms with Crippen molar-refractivity contribution < 1.29 is 13.2 Å². The number of nitrogens with one attached hydrogen (secondary N) is 1. The highest BCUT2D eigenvalue weighted by Crippen LogP contribution is 2.20. The van der Waals surface area contributed by atoms with Crippen LogP contribution in [0.1, 0.15) is 39.0 Å². The van der Waals surface area contributed by atoms with Crippen molar-refractivity contribution in [2.24, 2.45) is 0 Å². The maximum absolute atomic E-state index is 12.5. The predicted molar refractivity (Wildman–Crippen MR) is 106 cm³/mol. The van der Waals surface area contributed by atoms with E-state index < -0.39 is 16.1 Å². The van der Waals surface area contributed by atoms with E-state index in [1.807, 2.05) is 6.07 Å². The summed E-state index contributed by atoms with van der Waals surface area (Å²) in [5, 5.41) is 2.89. The van der Waals surface area contributed by atoms with Crippen LogP contribution in [0.3, 0.4) is 0 Å². The highest BCUT2D eigenvalue weighted by molar-refractivity contribution is 7.92.